The van der Waals surface area contributed by atoms with Crippen LogP contribution in [0.15, 0.2) is 36.4 Å². The lowest BCUT2D eigenvalue weighted by Crippen LogP contribution is -2.41. The molecule has 2 aromatic carbocycles. The van der Waals surface area contributed by atoms with Crippen LogP contribution < -0.4 is 10.0 Å². The van der Waals surface area contributed by atoms with Crippen LogP contribution in [-0.2, 0) is 35.7 Å². The Morgan fingerprint density at radius 2 is 1.66 bits per heavy atom. The molecule has 2 amide bonds. The molecule has 1 unspecified atom stereocenters. The Bertz CT molecular complexity index is 1090. The minimum atomic E-state index is -3.83. The summed E-state index contributed by atoms with van der Waals surface area (Å²) < 4.78 is 28.4. The van der Waals surface area contributed by atoms with Gasteiger partial charge in [0.1, 0.15) is 0 Å². The standard InChI is InChI=1S/C25H31N3O3S/c1-28(20-13-14-20)23(17-7-3-2-4-8-17)16-32(30,31)27-25(29)26-24-21-11-5-9-18(21)15-19-10-6-12-22(19)24/h2-4,7-8,15,20,23H,5-6,9-14,16H2,1H3,(H2,26,27,29). The lowest BCUT2D eigenvalue weighted by atomic mass is 9.99. The average molecular weight is 454 g/mol. The van der Waals surface area contributed by atoms with Crippen LogP contribution in [-0.4, -0.2) is 38.2 Å². The molecule has 0 heterocycles. The summed E-state index contributed by atoms with van der Waals surface area (Å²) in [7, 11) is -1.86. The average Bonchev–Trinajstić information content (AvgIpc) is 3.32. The molecule has 2 aromatic rings. The number of nitrogens with one attached hydrogen (secondary N) is 2. The van der Waals surface area contributed by atoms with Crippen LogP contribution in [0.4, 0.5) is 10.5 Å². The molecule has 5 rings (SSSR count). The zero-order valence-corrected chi connectivity index (χ0v) is 19.4. The number of carbonyl (C=O) groups excluding carboxylic acids is 1. The number of benzene rings is 2. The fraction of sp³-hybridized carbons (Fsp3) is 0.480. The molecule has 0 radical (unpaired) electrons. The molecule has 0 spiro atoms. The lowest BCUT2D eigenvalue weighted by Gasteiger charge is -2.28. The van der Waals surface area contributed by atoms with Gasteiger partial charge in [0, 0.05) is 11.7 Å². The lowest BCUT2D eigenvalue weighted by molar-refractivity contribution is 0.250. The third kappa shape index (κ3) is 4.41. The van der Waals surface area contributed by atoms with Gasteiger partial charge in [0.05, 0.1) is 11.8 Å². The number of aryl methyl sites for hydroxylation is 2. The smallest absolute Gasteiger partial charge is 0.307 e. The van der Waals surface area contributed by atoms with Crippen LogP contribution in [0, 0.1) is 0 Å². The minimum Gasteiger partial charge on any atom is -0.307 e. The van der Waals surface area contributed by atoms with E-state index in [2.05, 4.69) is 21.0 Å². The summed E-state index contributed by atoms with van der Waals surface area (Å²) in [6.45, 7) is 0. The molecular formula is C25H31N3O3S. The van der Waals surface area contributed by atoms with E-state index >= 15 is 0 Å². The van der Waals surface area contributed by atoms with Crippen molar-refractivity contribution in [2.75, 3.05) is 18.1 Å². The fourth-order valence-electron chi connectivity index (χ4n) is 5.36. The minimum absolute atomic E-state index is 0.150. The van der Waals surface area contributed by atoms with E-state index in [1.165, 1.54) is 22.3 Å². The molecule has 1 fully saturated rings. The van der Waals surface area contributed by atoms with Gasteiger partial charge in [-0.05, 0) is 86.2 Å². The summed E-state index contributed by atoms with van der Waals surface area (Å²) in [5.74, 6) is -0.150. The molecule has 0 saturated heterocycles. The van der Waals surface area contributed by atoms with Crippen molar-refractivity contribution in [3.05, 3.63) is 64.2 Å². The number of rotatable bonds is 7. The molecule has 0 bridgehead atoms. The Balaban J connectivity index is 1.33. The van der Waals surface area contributed by atoms with Gasteiger partial charge >= 0.3 is 6.03 Å². The number of carbonyl (C=O) groups is 1. The van der Waals surface area contributed by atoms with Gasteiger partial charge < -0.3 is 5.32 Å². The first-order valence-corrected chi connectivity index (χ1v) is 13.3. The van der Waals surface area contributed by atoms with Crippen LogP contribution in [0.2, 0.25) is 0 Å². The zero-order chi connectivity index (χ0) is 22.3. The number of fused-ring (bicyclic) bond motifs is 2. The second kappa shape index (κ2) is 8.52. The van der Waals surface area contributed by atoms with Gasteiger partial charge in [-0.15, -0.1) is 0 Å². The van der Waals surface area contributed by atoms with Gasteiger partial charge in [-0.3, -0.25) is 4.90 Å². The van der Waals surface area contributed by atoms with E-state index in [1.54, 1.807) is 0 Å². The highest BCUT2D eigenvalue weighted by Crippen LogP contribution is 2.38. The maximum atomic E-state index is 13.0. The van der Waals surface area contributed by atoms with Gasteiger partial charge in [0.2, 0.25) is 10.0 Å². The van der Waals surface area contributed by atoms with Crippen molar-refractivity contribution in [3.63, 3.8) is 0 Å². The predicted molar refractivity (Wildman–Crippen MR) is 126 cm³/mol. The normalized spacial score (nSPS) is 18.3. The first-order valence-electron chi connectivity index (χ1n) is 11.7. The van der Waals surface area contributed by atoms with Crippen LogP contribution in [0.25, 0.3) is 0 Å². The Morgan fingerprint density at radius 3 is 2.25 bits per heavy atom. The van der Waals surface area contributed by atoms with Crippen LogP contribution >= 0.6 is 0 Å². The number of hydrogen-bond donors (Lipinski definition) is 2. The largest absolute Gasteiger partial charge is 0.332 e. The highest BCUT2D eigenvalue weighted by molar-refractivity contribution is 7.90. The van der Waals surface area contributed by atoms with Crippen molar-refractivity contribution in [1.29, 1.82) is 0 Å². The predicted octanol–water partition coefficient (Wildman–Crippen LogP) is 3.95. The first-order chi connectivity index (χ1) is 15.4. The third-order valence-electron chi connectivity index (χ3n) is 7.14. The SMILES string of the molecule is CN(C1CC1)C(CS(=O)(=O)NC(=O)Nc1c2c(cc3c1CCC3)CCC2)c1ccccc1. The van der Waals surface area contributed by atoms with E-state index < -0.39 is 16.1 Å². The molecule has 1 atom stereocenters. The maximum absolute atomic E-state index is 13.0. The molecule has 0 aromatic heterocycles. The highest BCUT2D eigenvalue weighted by atomic mass is 32.2. The van der Waals surface area contributed by atoms with Crippen molar-refractivity contribution in [2.24, 2.45) is 0 Å². The summed E-state index contributed by atoms with van der Waals surface area (Å²) in [6, 6.07) is 11.4. The molecule has 6 nitrogen and oxygen atoms in total. The third-order valence-corrected chi connectivity index (χ3v) is 8.39. The van der Waals surface area contributed by atoms with Gasteiger partial charge in [0.25, 0.3) is 0 Å². The monoisotopic (exact) mass is 453 g/mol. The van der Waals surface area contributed by atoms with Gasteiger partial charge in [-0.1, -0.05) is 36.4 Å². The van der Waals surface area contributed by atoms with Crippen LogP contribution in [0.3, 0.4) is 0 Å². The quantitative estimate of drug-likeness (QED) is 0.665. The van der Waals surface area contributed by atoms with Crippen LogP contribution in [0.5, 0.6) is 0 Å². The Kier molecular flexibility index (Phi) is 5.72. The number of anilines is 1. The first kappa shape index (κ1) is 21.5. The zero-order valence-electron chi connectivity index (χ0n) is 18.6. The molecule has 7 heteroatoms. The van der Waals surface area contributed by atoms with E-state index in [9.17, 15) is 13.2 Å². The summed E-state index contributed by atoms with van der Waals surface area (Å²) in [5.41, 5.74) is 6.79. The van der Waals surface area contributed by atoms with E-state index in [0.29, 0.717) is 6.04 Å². The van der Waals surface area contributed by atoms with Gasteiger partial charge in [-0.25, -0.2) is 17.9 Å². The molecule has 32 heavy (non-hydrogen) atoms. The topological polar surface area (TPSA) is 78.5 Å². The summed E-state index contributed by atoms with van der Waals surface area (Å²) in [4.78, 5) is 15.0. The van der Waals surface area contributed by atoms with Crippen LogP contribution in [0.1, 0.15) is 59.5 Å². The van der Waals surface area contributed by atoms with E-state index in [4.69, 9.17) is 0 Å². The Labute approximate surface area is 190 Å². The number of nitrogens with zero attached hydrogens (tertiary/aromatic N) is 1. The van der Waals surface area contributed by atoms with E-state index in [1.807, 2.05) is 37.4 Å². The number of amides is 2. The molecule has 3 aliphatic rings. The van der Waals surface area contributed by atoms with Crippen molar-refractivity contribution in [2.45, 2.75) is 63.5 Å². The molecular weight excluding hydrogens is 422 g/mol. The molecule has 1 saturated carbocycles. The molecule has 170 valence electrons. The van der Waals surface area contributed by atoms with Crippen molar-refractivity contribution < 1.29 is 13.2 Å². The Morgan fingerprint density at radius 1 is 1.03 bits per heavy atom. The van der Waals surface area contributed by atoms with E-state index in [-0.39, 0.29) is 11.8 Å². The van der Waals surface area contributed by atoms with Crippen molar-refractivity contribution in [1.82, 2.24) is 9.62 Å². The number of hydrogen-bond acceptors (Lipinski definition) is 4. The summed E-state index contributed by atoms with van der Waals surface area (Å²) >= 11 is 0. The highest BCUT2D eigenvalue weighted by Gasteiger charge is 2.35. The van der Waals surface area contributed by atoms with Crippen molar-refractivity contribution >= 4 is 21.7 Å². The molecule has 3 aliphatic carbocycles. The van der Waals surface area contributed by atoms with Crippen molar-refractivity contribution in [3.8, 4) is 0 Å². The van der Waals surface area contributed by atoms with E-state index in [0.717, 1.165) is 62.6 Å². The molecule has 2 N–H and O–H groups in total. The maximum Gasteiger partial charge on any atom is 0.332 e. The molecule has 0 aliphatic heterocycles. The van der Waals surface area contributed by atoms with Gasteiger partial charge in [0.15, 0.2) is 0 Å². The summed E-state index contributed by atoms with van der Waals surface area (Å²) in [6.07, 6.45) is 8.27. The second-order valence-electron chi connectivity index (χ2n) is 9.39. The fourth-order valence-corrected chi connectivity index (χ4v) is 6.62. The summed E-state index contributed by atoms with van der Waals surface area (Å²) in [5, 5.41) is 2.93. The number of sulfonamides is 1. The van der Waals surface area contributed by atoms with Gasteiger partial charge in [-0.2, -0.15) is 0 Å². The number of urea groups is 1. The second-order valence-corrected chi connectivity index (χ2v) is 11.2. The Hall–Kier alpha value is -2.38.